The average Bonchev–Trinajstić information content (AvgIpc) is 2.73. The number of amides is 1. The van der Waals surface area contributed by atoms with Gasteiger partial charge in [-0.25, -0.2) is 8.42 Å². The molecule has 0 aliphatic heterocycles. The van der Waals surface area contributed by atoms with Gasteiger partial charge in [0.15, 0.2) is 9.84 Å². The molecule has 1 atom stereocenters. The minimum atomic E-state index is -3.46. The molecule has 0 aliphatic rings. The van der Waals surface area contributed by atoms with E-state index in [0.717, 1.165) is 12.0 Å². The molecule has 0 aliphatic carbocycles. The fourth-order valence-corrected chi connectivity index (χ4v) is 4.55. The third kappa shape index (κ3) is 5.33. The van der Waals surface area contributed by atoms with E-state index >= 15 is 0 Å². The van der Waals surface area contributed by atoms with E-state index < -0.39 is 9.84 Å². The summed E-state index contributed by atoms with van der Waals surface area (Å²) in [6.07, 6.45) is 0.761. The first kappa shape index (κ1) is 20.8. The summed E-state index contributed by atoms with van der Waals surface area (Å²) < 4.78 is 25.2. The van der Waals surface area contributed by atoms with Crippen molar-refractivity contribution in [2.45, 2.75) is 37.0 Å². The van der Waals surface area contributed by atoms with Crippen LogP contribution in [0, 0.1) is 6.92 Å². The Labute approximate surface area is 172 Å². The highest BCUT2D eigenvalue weighted by atomic mass is 32.2. The number of carbonyl (C=O) groups excluding carboxylic acids is 1. The van der Waals surface area contributed by atoms with Crippen molar-refractivity contribution in [1.82, 2.24) is 5.32 Å². The van der Waals surface area contributed by atoms with Gasteiger partial charge in [-0.05, 0) is 48.7 Å². The molecule has 3 rings (SSSR count). The molecular formula is C24H25NO3S. The fraction of sp³-hybridized carbons (Fsp3) is 0.208. The molecule has 4 nitrogen and oxygen atoms in total. The number of carbonyl (C=O) groups is 1. The monoisotopic (exact) mass is 407 g/mol. The van der Waals surface area contributed by atoms with Crippen molar-refractivity contribution >= 4 is 15.7 Å². The molecule has 0 saturated heterocycles. The van der Waals surface area contributed by atoms with Gasteiger partial charge in [-0.1, -0.05) is 67.1 Å². The van der Waals surface area contributed by atoms with Crippen LogP contribution < -0.4 is 5.32 Å². The quantitative estimate of drug-likeness (QED) is 0.609. The predicted molar refractivity (Wildman–Crippen MR) is 115 cm³/mol. The van der Waals surface area contributed by atoms with Crippen molar-refractivity contribution in [3.05, 3.63) is 101 Å². The second-order valence-electron chi connectivity index (χ2n) is 7.12. The summed E-state index contributed by atoms with van der Waals surface area (Å²) in [4.78, 5) is 13.1. The van der Waals surface area contributed by atoms with E-state index in [2.05, 4.69) is 5.32 Å². The number of aryl methyl sites for hydroxylation is 1. The molecule has 0 aromatic heterocycles. The molecule has 0 fully saturated rings. The number of nitrogens with one attached hydrogen (secondary N) is 1. The first-order valence-corrected chi connectivity index (χ1v) is 11.3. The second-order valence-corrected chi connectivity index (χ2v) is 9.11. The van der Waals surface area contributed by atoms with Crippen molar-refractivity contribution in [2.75, 3.05) is 0 Å². The Kier molecular flexibility index (Phi) is 6.49. The van der Waals surface area contributed by atoms with E-state index in [1.165, 1.54) is 5.56 Å². The molecule has 3 aromatic rings. The number of hydrogen-bond acceptors (Lipinski definition) is 3. The van der Waals surface area contributed by atoms with Gasteiger partial charge in [-0.15, -0.1) is 0 Å². The molecule has 1 N–H and O–H groups in total. The first-order chi connectivity index (χ1) is 13.9. The summed E-state index contributed by atoms with van der Waals surface area (Å²) in [7, 11) is -3.46. The molecule has 0 radical (unpaired) electrons. The molecule has 0 bridgehead atoms. The van der Waals surface area contributed by atoms with Gasteiger partial charge in [-0.2, -0.15) is 0 Å². The van der Waals surface area contributed by atoms with Gasteiger partial charge in [0.2, 0.25) is 0 Å². The Morgan fingerprint density at radius 2 is 1.62 bits per heavy atom. The summed E-state index contributed by atoms with van der Waals surface area (Å²) in [5.74, 6) is -0.357. The topological polar surface area (TPSA) is 63.2 Å². The zero-order valence-corrected chi connectivity index (χ0v) is 17.4. The van der Waals surface area contributed by atoms with Crippen LogP contribution in [0.3, 0.4) is 0 Å². The van der Waals surface area contributed by atoms with Gasteiger partial charge in [0, 0.05) is 5.56 Å². The maximum atomic E-state index is 12.8. The summed E-state index contributed by atoms with van der Waals surface area (Å²) in [5.41, 5.74) is 3.26. The lowest BCUT2D eigenvalue weighted by molar-refractivity contribution is 0.0935. The number of benzene rings is 3. The van der Waals surface area contributed by atoms with E-state index in [-0.39, 0.29) is 22.6 Å². The number of rotatable bonds is 7. The standard InChI is InChI=1S/C24H25NO3S/c1-3-23(20-14-12-18(2)13-15-20)25-24(26)21-9-7-8-19(16-21)17-29(27,28)22-10-5-4-6-11-22/h4-16,23H,3,17H2,1-2H3,(H,25,26)/t23-/m1/s1. The highest BCUT2D eigenvalue weighted by molar-refractivity contribution is 7.90. The third-order valence-corrected chi connectivity index (χ3v) is 6.55. The van der Waals surface area contributed by atoms with Crippen LogP contribution in [0.25, 0.3) is 0 Å². The molecular weight excluding hydrogens is 382 g/mol. The normalized spacial score (nSPS) is 12.3. The van der Waals surface area contributed by atoms with Crippen molar-refractivity contribution in [3.8, 4) is 0 Å². The molecule has 1 amide bonds. The van der Waals surface area contributed by atoms with E-state index in [4.69, 9.17) is 0 Å². The summed E-state index contributed by atoms with van der Waals surface area (Å²) in [6.45, 7) is 4.05. The van der Waals surface area contributed by atoms with Crippen LogP contribution in [0.2, 0.25) is 0 Å². The van der Waals surface area contributed by atoms with Crippen LogP contribution in [0.15, 0.2) is 83.8 Å². The van der Waals surface area contributed by atoms with Crippen molar-refractivity contribution in [2.24, 2.45) is 0 Å². The van der Waals surface area contributed by atoms with Gasteiger partial charge in [-0.3, -0.25) is 4.79 Å². The summed E-state index contributed by atoms with van der Waals surface area (Å²) >= 11 is 0. The van der Waals surface area contributed by atoms with Crippen LogP contribution in [0.4, 0.5) is 0 Å². The summed E-state index contributed by atoms with van der Waals surface area (Å²) in [6, 6.07) is 23.2. The van der Waals surface area contributed by atoms with Crippen LogP contribution in [-0.2, 0) is 15.6 Å². The fourth-order valence-electron chi connectivity index (χ4n) is 3.19. The first-order valence-electron chi connectivity index (χ1n) is 9.63. The predicted octanol–water partition coefficient (Wildman–Crippen LogP) is 4.85. The molecule has 0 heterocycles. The molecule has 3 aromatic carbocycles. The van der Waals surface area contributed by atoms with Crippen LogP contribution in [0.5, 0.6) is 0 Å². The highest BCUT2D eigenvalue weighted by Gasteiger charge is 2.17. The Balaban J connectivity index is 1.76. The molecule has 0 saturated carbocycles. The van der Waals surface area contributed by atoms with E-state index in [1.807, 2.05) is 38.1 Å². The van der Waals surface area contributed by atoms with E-state index in [1.54, 1.807) is 54.6 Å². The zero-order chi connectivity index (χ0) is 20.9. The maximum absolute atomic E-state index is 12.8. The van der Waals surface area contributed by atoms with Gasteiger partial charge in [0.25, 0.3) is 5.91 Å². The summed E-state index contributed by atoms with van der Waals surface area (Å²) in [5, 5.41) is 3.05. The second kappa shape index (κ2) is 9.05. The largest absolute Gasteiger partial charge is 0.345 e. The van der Waals surface area contributed by atoms with Gasteiger partial charge in [0.05, 0.1) is 16.7 Å². The average molecular weight is 408 g/mol. The van der Waals surface area contributed by atoms with Gasteiger partial charge < -0.3 is 5.32 Å². The minimum Gasteiger partial charge on any atom is -0.345 e. The van der Waals surface area contributed by atoms with E-state index in [0.29, 0.717) is 11.1 Å². The lowest BCUT2D eigenvalue weighted by Gasteiger charge is -2.18. The Morgan fingerprint density at radius 3 is 2.28 bits per heavy atom. The Morgan fingerprint density at radius 1 is 0.931 bits per heavy atom. The third-order valence-electron chi connectivity index (χ3n) is 4.84. The van der Waals surface area contributed by atoms with Crippen LogP contribution >= 0.6 is 0 Å². The Bertz CT molecular complexity index is 1070. The van der Waals surface area contributed by atoms with Crippen molar-refractivity contribution < 1.29 is 13.2 Å². The molecule has 0 unspecified atom stereocenters. The van der Waals surface area contributed by atoms with E-state index in [9.17, 15) is 13.2 Å². The highest BCUT2D eigenvalue weighted by Crippen LogP contribution is 2.20. The Hall–Kier alpha value is -2.92. The van der Waals surface area contributed by atoms with Crippen molar-refractivity contribution in [3.63, 3.8) is 0 Å². The lowest BCUT2D eigenvalue weighted by atomic mass is 10.0. The van der Waals surface area contributed by atoms with Gasteiger partial charge in [0.1, 0.15) is 0 Å². The smallest absolute Gasteiger partial charge is 0.251 e. The molecule has 150 valence electrons. The van der Waals surface area contributed by atoms with Crippen LogP contribution in [-0.4, -0.2) is 14.3 Å². The minimum absolute atomic E-state index is 0.0974. The SMILES string of the molecule is CC[C@@H](NC(=O)c1cccc(CS(=O)(=O)c2ccccc2)c1)c1ccc(C)cc1. The lowest BCUT2D eigenvalue weighted by Crippen LogP contribution is -2.28. The molecule has 29 heavy (non-hydrogen) atoms. The zero-order valence-electron chi connectivity index (χ0n) is 16.6. The molecule has 5 heteroatoms. The van der Waals surface area contributed by atoms with Crippen LogP contribution in [0.1, 0.15) is 46.4 Å². The number of sulfone groups is 1. The van der Waals surface area contributed by atoms with Gasteiger partial charge >= 0.3 is 0 Å². The van der Waals surface area contributed by atoms with Crippen molar-refractivity contribution in [1.29, 1.82) is 0 Å². The number of hydrogen-bond donors (Lipinski definition) is 1. The maximum Gasteiger partial charge on any atom is 0.251 e. The molecule has 0 spiro atoms.